The van der Waals surface area contributed by atoms with Gasteiger partial charge in [0.2, 0.25) is 0 Å². The minimum absolute atomic E-state index is 0.240. The molecule has 0 saturated carbocycles. The first kappa shape index (κ1) is 19.0. The van der Waals surface area contributed by atoms with E-state index in [0.29, 0.717) is 0 Å². The molecule has 0 aliphatic rings. The summed E-state index contributed by atoms with van der Waals surface area (Å²) in [5, 5.41) is 18.1. The maximum Gasteiger partial charge on any atom is 0.323 e. The highest BCUT2D eigenvalue weighted by molar-refractivity contribution is 5.78. The van der Waals surface area contributed by atoms with Crippen LogP contribution in [0, 0.1) is 40.1 Å². The van der Waals surface area contributed by atoms with Gasteiger partial charge in [0.05, 0.1) is 12.7 Å². The molecule has 2 unspecified atom stereocenters. The van der Waals surface area contributed by atoms with E-state index < -0.39 is 52.1 Å². The number of nitrogens with two attached hydrogens (primary N) is 1. The van der Waals surface area contributed by atoms with Crippen LogP contribution in [0.1, 0.15) is 28.2 Å². The van der Waals surface area contributed by atoms with Crippen molar-refractivity contribution < 1.29 is 22.7 Å². The summed E-state index contributed by atoms with van der Waals surface area (Å²) in [6.45, 7) is 0. The number of nitrogens with zero attached hydrogens (tertiary/aromatic N) is 2. The first-order chi connectivity index (χ1) is 12.4. The molecule has 0 bridgehead atoms. The van der Waals surface area contributed by atoms with Crippen molar-refractivity contribution in [3.8, 4) is 12.1 Å². The molecule has 0 aromatic heterocycles. The fraction of sp³-hybridized carbons (Fsp3) is 0.167. The van der Waals surface area contributed by atoms with Gasteiger partial charge in [0.25, 0.3) is 0 Å². The summed E-state index contributed by atoms with van der Waals surface area (Å²) in [4.78, 5) is 11.9. The molecule has 26 heavy (non-hydrogen) atoms. The topological polar surface area (TPSA) is 99.9 Å². The highest BCUT2D eigenvalue weighted by Gasteiger charge is 2.36. The van der Waals surface area contributed by atoms with Crippen molar-refractivity contribution in [2.75, 3.05) is 7.11 Å². The normalized spacial score (nSPS) is 12.6. The maximum atomic E-state index is 14.7. The van der Waals surface area contributed by atoms with Crippen LogP contribution in [0.25, 0.3) is 0 Å². The number of halogens is 3. The van der Waals surface area contributed by atoms with Crippen molar-refractivity contribution in [3.05, 3.63) is 70.0 Å². The molecular weight excluding hydrogens is 347 g/mol. The van der Waals surface area contributed by atoms with E-state index in [-0.39, 0.29) is 5.56 Å². The minimum atomic E-state index is -1.75. The largest absolute Gasteiger partial charge is 0.468 e. The molecule has 0 aliphatic heterocycles. The van der Waals surface area contributed by atoms with Crippen LogP contribution in [0.3, 0.4) is 0 Å². The molecule has 0 fully saturated rings. The van der Waals surface area contributed by atoms with E-state index in [9.17, 15) is 23.2 Å². The van der Waals surface area contributed by atoms with Gasteiger partial charge in [0.1, 0.15) is 23.7 Å². The van der Waals surface area contributed by atoms with Crippen molar-refractivity contribution in [1.29, 1.82) is 10.5 Å². The number of esters is 1. The average molecular weight is 359 g/mol. The number of carbonyl (C=O) groups is 1. The number of carbonyl (C=O) groups excluding carboxylic acids is 1. The number of hydrogen-bond acceptors (Lipinski definition) is 5. The van der Waals surface area contributed by atoms with Gasteiger partial charge >= 0.3 is 5.97 Å². The third-order valence-electron chi connectivity index (χ3n) is 3.88. The van der Waals surface area contributed by atoms with E-state index in [1.807, 2.05) is 0 Å². The lowest BCUT2D eigenvalue weighted by Crippen LogP contribution is -2.39. The summed E-state index contributed by atoms with van der Waals surface area (Å²) in [7, 11) is 1.05. The highest BCUT2D eigenvalue weighted by Crippen LogP contribution is 2.35. The SMILES string of the molecule is COC(=O)C(N)C(c1ccccc1)c1c(F)c(F)c(C#N)c(F)c1C#N. The Morgan fingerprint density at radius 1 is 1.04 bits per heavy atom. The third kappa shape index (κ3) is 3.10. The minimum Gasteiger partial charge on any atom is -0.468 e. The van der Waals surface area contributed by atoms with E-state index in [4.69, 9.17) is 11.0 Å². The van der Waals surface area contributed by atoms with Crippen LogP contribution in [-0.4, -0.2) is 19.1 Å². The summed E-state index contributed by atoms with van der Waals surface area (Å²) in [5.74, 6) is -7.26. The van der Waals surface area contributed by atoms with Crippen LogP contribution in [0.5, 0.6) is 0 Å². The molecule has 2 rings (SSSR count). The van der Waals surface area contributed by atoms with Crippen LogP contribution in [0.2, 0.25) is 0 Å². The van der Waals surface area contributed by atoms with Crippen molar-refractivity contribution >= 4 is 5.97 Å². The van der Waals surface area contributed by atoms with E-state index >= 15 is 0 Å². The Balaban J connectivity index is 2.88. The lowest BCUT2D eigenvalue weighted by atomic mass is 9.82. The quantitative estimate of drug-likeness (QED) is 0.668. The first-order valence-corrected chi connectivity index (χ1v) is 7.27. The van der Waals surface area contributed by atoms with Gasteiger partial charge in [-0.2, -0.15) is 10.5 Å². The number of hydrogen-bond donors (Lipinski definition) is 1. The molecule has 2 N–H and O–H groups in total. The van der Waals surface area contributed by atoms with Gasteiger partial charge < -0.3 is 10.5 Å². The predicted octanol–water partition coefficient (Wildman–Crippen LogP) is 2.48. The van der Waals surface area contributed by atoms with Crippen LogP contribution in [-0.2, 0) is 9.53 Å². The molecule has 0 spiro atoms. The van der Waals surface area contributed by atoms with E-state index in [0.717, 1.165) is 7.11 Å². The Kier molecular flexibility index (Phi) is 5.61. The van der Waals surface area contributed by atoms with Crippen molar-refractivity contribution in [3.63, 3.8) is 0 Å². The van der Waals surface area contributed by atoms with Gasteiger partial charge in [-0.05, 0) is 5.56 Å². The fourth-order valence-corrected chi connectivity index (χ4v) is 2.66. The third-order valence-corrected chi connectivity index (χ3v) is 3.88. The van der Waals surface area contributed by atoms with E-state index in [2.05, 4.69) is 4.74 Å². The standard InChI is InChI=1S/C18H12F3N3O2/c1-26-18(25)17(24)12(9-5-3-2-4-6-9)13-10(7-22)14(19)11(8-23)15(20)16(13)21/h2-6,12,17H,24H2,1H3. The molecule has 0 amide bonds. The number of nitriles is 2. The Labute approximate surface area is 147 Å². The summed E-state index contributed by atoms with van der Waals surface area (Å²) in [6.07, 6.45) is 0. The van der Waals surface area contributed by atoms with Crippen LogP contribution in [0.4, 0.5) is 13.2 Å². The zero-order chi connectivity index (χ0) is 19.4. The summed E-state index contributed by atoms with van der Waals surface area (Å²) < 4.78 is 47.8. The number of benzene rings is 2. The second kappa shape index (κ2) is 7.68. The van der Waals surface area contributed by atoms with Crippen molar-refractivity contribution in [2.24, 2.45) is 5.73 Å². The number of rotatable bonds is 4. The molecule has 8 heteroatoms. The number of methoxy groups -OCH3 is 1. The molecular formula is C18H12F3N3O2. The molecule has 2 aromatic rings. The molecule has 0 radical (unpaired) electrons. The molecule has 0 heterocycles. The molecule has 5 nitrogen and oxygen atoms in total. The maximum absolute atomic E-state index is 14.7. The highest BCUT2D eigenvalue weighted by atomic mass is 19.2. The summed E-state index contributed by atoms with van der Waals surface area (Å²) in [6, 6.07) is 8.71. The van der Waals surface area contributed by atoms with Crippen LogP contribution < -0.4 is 5.73 Å². The Morgan fingerprint density at radius 2 is 1.62 bits per heavy atom. The van der Waals surface area contributed by atoms with E-state index in [1.54, 1.807) is 18.2 Å². The van der Waals surface area contributed by atoms with Crippen molar-refractivity contribution in [2.45, 2.75) is 12.0 Å². The summed E-state index contributed by atoms with van der Waals surface area (Å²) in [5.41, 5.74) is 3.22. The monoisotopic (exact) mass is 359 g/mol. The van der Waals surface area contributed by atoms with Crippen LogP contribution >= 0.6 is 0 Å². The molecule has 0 saturated heterocycles. The zero-order valence-corrected chi connectivity index (χ0v) is 13.5. The predicted molar refractivity (Wildman–Crippen MR) is 84.0 cm³/mol. The van der Waals surface area contributed by atoms with Gasteiger partial charge in [-0.25, -0.2) is 13.2 Å². The van der Waals surface area contributed by atoms with E-state index in [1.165, 1.54) is 24.3 Å². The van der Waals surface area contributed by atoms with Crippen molar-refractivity contribution in [1.82, 2.24) is 0 Å². The summed E-state index contributed by atoms with van der Waals surface area (Å²) >= 11 is 0. The Morgan fingerprint density at radius 3 is 2.12 bits per heavy atom. The first-order valence-electron chi connectivity index (χ1n) is 7.27. The molecule has 2 atom stereocenters. The fourth-order valence-electron chi connectivity index (χ4n) is 2.66. The average Bonchev–Trinajstić information content (AvgIpc) is 2.66. The lowest BCUT2D eigenvalue weighted by molar-refractivity contribution is -0.142. The van der Waals surface area contributed by atoms with Gasteiger partial charge in [0.15, 0.2) is 17.5 Å². The van der Waals surface area contributed by atoms with Gasteiger partial charge in [-0.3, -0.25) is 4.79 Å². The second-order valence-electron chi connectivity index (χ2n) is 5.27. The molecule has 0 aliphatic carbocycles. The lowest BCUT2D eigenvalue weighted by Gasteiger charge is -2.25. The Bertz CT molecular complexity index is 934. The zero-order valence-electron chi connectivity index (χ0n) is 13.5. The molecule has 132 valence electrons. The van der Waals surface area contributed by atoms with Gasteiger partial charge in [0, 0.05) is 11.5 Å². The second-order valence-corrected chi connectivity index (χ2v) is 5.27. The molecule has 2 aromatic carbocycles. The van der Waals surface area contributed by atoms with Gasteiger partial charge in [-0.15, -0.1) is 0 Å². The Hall–Kier alpha value is -3.36. The van der Waals surface area contributed by atoms with Gasteiger partial charge in [-0.1, -0.05) is 30.3 Å². The number of ether oxygens (including phenoxy) is 1. The smallest absolute Gasteiger partial charge is 0.323 e. The van der Waals surface area contributed by atoms with Crippen LogP contribution in [0.15, 0.2) is 30.3 Å².